The first-order valence-corrected chi connectivity index (χ1v) is 14.3. The van der Waals surface area contributed by atoms with Gasteiger partial charge in [0.1, 0.15) is 23.9 Å². The molecule has 5 rings (SSSR count). The number of hydrogen-bond donors (Lipinski definition) is 1. The van der Waals surface area contributed by atoms with E-state index in [1.54, 1.807) is 19.1 Å². The summed E-state index contributed by atoms with van der Waals surface area (Å²) in [6, 6.07) is 22.3. The number of methoxy groups -OCH3 is 1. The smallest absolute Gasteiger partial charge is 0.338 e. The van der Waals surface area contributed by atoms with E-state index in [4.69, 9.17) is 19.2 Å². The molecule has 1 atom stereocenters. The number of amides is 1. The number of benzene rings is 3. The molecule has 3 aromatic carbocycles. The molecule has 10 heteroatoms. The molecule has 216 valence electrons. The van der Waals surface area contributed by atoms with Crippen molar-refractivity contribution < 1.29 is 28.2 Å². The molecule has 2 heterocycles. The van der Waals surface area contributed by atoms with Crippen LogP contribution in [-0.2, 0) is 25.6 Å². The summed E-state index contributed by atoms with van der Waals surface area (Å²) in [6.07, 6.45) is 0.0506. The zero-order valence-electron chi connectivity index (χ0n) is 23.2. The third-order valence-electron chi connectivity index (χ3n) is 6.64. The Kier molecular flexibility index (Phi) is 9.35. The molecule has 0 unspecified atom stereocenters. The van der Waals surface area contributed by atoms with Crippen molar-refractivity contribution in [2.75, 3.05) is 20.3 Å². The number of thioether (sulfide) groups is 1. The Bertz CT molecular complexity index is 1540. The first-order valence-electron chi connectivity index (χ1n) is 13.4. The highest BCUT2D eigenvalue weighted by molar-refractivity contribution is 8.16. The lowest BCUT2D eigenvalue weighted by Crippen LogP contribution is -2.38. The van der Waals surface area contributed by atoms with Gasteiger partial charge in [0, 0.05) is 19.4 Å². The van der Waals surface area contributed by atoms with Crippen LogP contribution < -0.4 is 10.1 Å². The summed E-state index contributed by atoms with van der Waals surface area (Å²) in [6.45, 7) is 2.40. The maximum atomic E-state index is 13.4. The molecule has 2 aliphatic rings. The van der Waals surface area contributed by atoms with Crippen LogP contribution >= 0.6 is 11.8 Å². The van der Waals surface area contributed by atoms with Gasteiger partial charge < -0.3 is 24.4 Å². The Morgan fingerprint density at radius 1 is 1.00 bits per heavy atom. The molecule has 0 spiro atoms. The van der Waals surface area contributed by atoms with E-state index in [2.05, 4.69) is 5.32 Å². The van der Waals surface area contributed by atoms with E-state index in [9.17, 15) is 14.0 Å². The van der Waals surface area contributed by atoms with E-state index in [-0.39, 0.29) is 37.9 Å². The van der Waals surface area contributed by atoms with Crippen LogP contribution in [0.1, 0.15) is 30.5 Å². The number of esters is 1. The van der Waals surface area contributed by atoms with Crippen LogP contribution in [0.2, 0.25) is 0 Å². The number of rotatable bonds is 11. The molecule has 0 radical (unpaired) electrons. The standard InChI is InChI=1S/C32H30FN3O5S/c1-21-29(31(38)40-16-15-39-2)30(23-7-6-10-27(17-23)41-26-8-4-3-5-9-26)36-25(20-42-32(36)35-21)18-28(37)34-19-22-11-13-24(33)14-12-22/h3-14,17,20,30H,15-16,18-19H2,1-2H3,(H,34,37)/t30-/m1/s1. The van der Waals surface area contributed by atoms with Crippen LogP contribution in [0.3, 0.4) is 0 Å². The summed E-state index contributed by atoms with van der Waals surface area (Å²) in [7, 11) is 1.54. The summed E-state index contributed by atoms with van der Waals surface area (Å²) in [5.41, 5.74) is 3.14. The maximum Gasteiger partial charge on any atom is 0.338 e. The van der Waals surface area contributed by atoms with Crippen molar-refractivity contribution >= 4 is 28.8 Å². The quantitative estimate of drug-likeness (QED) is 0.215. The highest BCUT2D eigenvalue weighted by Crippen LogP contribution is 2.45. The third-order valence-corrected chi connectivity index (χ3v) is 7.53. The van der Waals surface area contributed by atoms with Gasteiger partial charge >= 0.3 is 5.97 Å². The molecule has 2 aliphatic heterocycles. The van der Waals surface area contributed by atoms with E-state index in [1.165, 1.54) is 31.0 Å². The molecule has 42 heavy (non-hydrogen) atoms. The third kappa shape index (κ3) is 6.89. The van der Waals surface area contributed by atoms with Gasteiger partial charge in [-0.3, -0.25) is 4.79 Å². The van der Waals surface area contributed by atoms with Gasteiger partial charge in [0.05, 0.1) is 30.3 Å². The predicted octanol–water partition coefficient (Wildman–Crippen LogP) is 6.09. The highest BCUT2D eigenvalue weighted by Gasteiger charge is 2.41. The lowest BCUT2D eigenvalue weighted by atomic mass is 9.93. The van der Waals surface area contributed by atoms with Gasteiger partial charge in [0.15, 0.2) is 5.17 Å². The minimum Gasteiger partial charge on any atom is -0.460 e. The topological polar surface area (TPSA) is 89.5 Å². The number of nitrogens with zero attached hydrogens (tertiary/aromatic N) is 2. The van der Waals surface area contributed by atoms with E-state index >= 15 is 0 Å². The zero-order valence-corrected chi connectivity index (χ0v) is 24.0. The largest absolute Gasteiger partial charge is 0.460 e. The van der Waals surface area contributed by atoms with Crippen molar-refractivity contribution in [3.8, 4) is 11.5 Å². The fourth-order valence-electron chi connectivity index (χ4n) is 4.64. The van der Waals surface area contributed by atoms with Crippen molar-refractivity contribution in [1.29, 1.82) is 0 Å². The normalized spacial score (nSPS) is 16.0. The van der Waals surface area contributed by atoms with Gasteiger partial charge in [0.25, 0.3) is 0 Å². The molecule has 8 nitrogen and oxygen atoms in total. The number of amidine groups is 1. The Labute approximate surface area is 247 Å². The van der Waals surface area contributed by atoms with E-state index < -0.39 is 12.0 Å². The second kappa shape index (κ2) is 13.5. The molecule has 3 aromatic rings. The molecule has 0 aliphatic carbocycles. The van der Waals surface area contributed by atoms with Crippen LogP contribution in [0.4, 0.5) is 4.39 Å². The summed E-state index contributed by atoms with van der Waals surface area (Å²) in [5.74, 6) is 0.217. The Morgan fingerprint density at radius 2 is 1.76 bits per heavy atom. The van der Waals surface area contributed by atoms with Crippen LogP contribution in [0.25, 0.3) is 0 Å². The zero-order chi connectivity index (χ0) is 29.5. The number of aliphatic imine (C=N–C) groups is 1. The van der Waals surface area contributed by atoms with Gasteiger partial charge in [-0.2, -0.15) is 0 Å². The molecule has 0 fully saturated rings. The lowest BCUT2D eigenvalue weighted by molar-refractivity contribution is -0.141. The van der Waals surface area contributed by atoms with Crippen molar-refractivity contribution in [3.05, 3.63) is 118 Å². The molecule has 0 bridgehead atoms. The summed E-state index contributed by atoms with van der Waals surface area (Å²) < 4.78 is 30.0. The fourth-order valence-corrected chi connectivity index (χ4v) is 5.61. The number of ether oxygens (including phenoxy) is 3. The first kappa shape index (κ1) is 29.1. The first-order chi connectivity index (χ1) is 20.4. The number of allylic oxidation sites excluding steroid dienone is 1. The van der Waals surface area contributed by atoms with Gasteiger partial charge in [-0.15, -0.1) is 0 Å². The van der Waals surface area contributed by atoms with Crippen LogP contribution in [0.15, 0.2) is 106 Å². The van der Waals surface area contributed by atoms with E-state index in [1.807, 2.05) is 64.9 Å². The molecule has 0 saturated heterocycles. The Morgan fingerprint density at radius 3 is 2.52 bits per heavy atom. The molecule has 0 saturated carbocycles. The number of fused-ring (bicyclic) bond motifs is 1. The van der Waals surface area contributed by atoms with Crippen molar-refractivity contribution in [1.82, 2.24) is 10.2 Å². The molecule has 0 aromatic heterocycles. The average molecular weight is 588 g/mol. The number of halogens is 1. The lowest BCUT2D eigenvalue weighted by Gasteiger charge is -2.36. The van der Waals surface area contributed by atoms with Gasteiger partial charge in [-0.25, -0.2) is 14.2 Å². The highest BCUT2D eigenvalue weighted by atomic mass is 32.2. The van der Waals surface area contributed by atoms with Crippen molar-refractivity contribution in [2.24, 2.45) is 4.99 Å². The maximum absolute atomic E-state index is 13.4. The van der Waals surface area contributed by atoms with E-state index in [0.717, 1.165) is 11.1 Å². The van der Waals surface area contributed by atoms with Crippen molar-refractivity contribution in [2.45, 2.75) is 25.9 Å². The fraction of sp³-hybridized carbons (Fsp3) is 0.219. The number of nitrogens with one attached hydrogen (secondary N) is 1. The second-order valence-corrected chi connectivity index (χ2v) is 10.4. The summed E-state index contributed by atoms with van der Waals surface area (Å²) >= 11 is 1.39. The van der Waals surface area contributed by atoms with Crippen molar-refractivity contribution in [3.63, 3.8) is 0 Å². The monoisotopic (exact) mass is 587 g/mol. The number of para-hydroxylation sites is 1. The van der Waals surface area contributed by atoms with E-state index in [0.29, 0.717) is 33.6 Å². The SMILES string of the molecule is COCCOC(=O)C1=C(C)N=C2SC=C(CC(=O)NCc3ccc(F)cc3)N2[C@@H]1c1cccc(Oc2ccccc2)c1. The Balaban J connectivity index is 1.42. The second-order valence-electron chi connectivity index (χ2n) is 9.59. The number of hydrogen-bond acceptors (Lipinski definition) is 8. The minimum absolute atomic E-state index is 0.0506. The molecule has 1 amide bonds. The summed E-state index contributed by atoms with van der Waals surface area (Å²) in [5, 5.41) is 5.42. The minimum atomic E-state index is -0.613. The average Bonchev–Trinajstić information content (AvgIpc) is 3.38. The van der Waals surface area contributed by atoms with Crippen LogP contribution in [0.5, 0.6) is 11.5 Å². The summed E-state index contributed by atoms with van der Waals surface area (Å²) in [4.78, 5) is 33.1. The van der Waals surface area contributed by atoms with Gasteiger partial charge in [-0.05, 0) is 59.9 Å². The number of carbonyl (C=O) groups excluding carboxylic acids is 2. The predicted molar refractivity (Wildman–Crippen MR) is 159 cm³/mol. The van der Waals surface area contributed by atoms with Gasteiger partial charge in [0.2, 0.25) is 5.91 Å². The van der Waals surface area contributed by atoms with Crippen LogP contribution in [-0.4, -0.2) is 42.3 Å². The molecular weight excluding hydrogens is 557 g/mol. The number of carbonyl (C=O) groups is 2. The van der Waals surface area contributed by atoms with Crippen LogP contribution in [0, 0.1) is 5.82 Å². The molecular formula is C32H30FN3O5S. The Hall–Kier alpha value is -4.41. The van der Waals surface area contributed by atoms with Gasteiger partial charge in [-0.1, -0.05) is 54.2 Å². The molecule has 1 N–H and O–H groups in total.